The molecule has 25 heavy (non-hydrogen) atoms. The van der Waals surface area contributed by atoms with Gasteiger partial charge < -0.3 is 15.8 Å². The average Bonchev–Trinajstić information content (AvgIpc) is 2.68. The van der Waals surface area contributed by atoms with Gasteiger partial charge in [-0.25, -0.2) is 0 Å². The van der Waals surface area contributed by atoms with Crippen molar-refractivity contribution >= 4 is 5.91 Å². The summed E-state index contributed by atoms with van der Waals surface area (Å²) < 4.78 is 5.40. The van der Waals surface area contributed by atoms with E-state index in [9.17, 15) is 4.79 Å². The highest BCUT2D eigenvalue weighted by atomic mass is 16.5. The minimum atomic E-state index is -0.646. The van der Waals surface area contributed by atoms with E-state index in [-0.39, 0.29) is 5.91 Å². The summed E-state index contributed by atoms with van der Waals surface area (Å²) in [4.78, 5) is 14.7. The number of carbonyl (C=O) groups is 1. The molecule has 0 bridgehead atoms. The fraction of sp³-hybridized carbons (Fsp3) is 0.350. The van der Waals surface area contributed by atoms with Crippen molar-refractivity contribution in [2.75, 3.05) is 26.3 Å². The quantitative estimate of drug-likeness (QED) is 0.843. The number of amides is 1. The van der Waals surface area contributed by atoms with Crippen LogP contribution in [0.3, 0.4) is 0 Å². The van der Waals surface area contributed by atoms with E-state index in [4.69, 9.17) is 10.5 Å². The first-order chi connectivity index (χ1) is 12.2. The smallest absolute Gasteiger partial charge is 0.241 e. The van der Waals surface area contributed by atoms with Crippen molar-refractivity contribution in [3.8, 4) is 0 Å². The standard InChI is InChI=1S/C20H25N3O2/c21-19(16-6-2-1-3-7-16)20(24)22-14-17-8-4-5-9-18(17)15-23-10-12-25-13-11-23/h1-9,19H,10-15,21H2,(H,22,24). The first-order valence-corrected chi connectivity index (χ1v) is 8.69. The topological polar surface area (TPSA) is 67.6 Å². The van der Waals surface area contributed by atoms with Crippen molar-refractivity contribution in [3.63, 3.8) is 0 Å². The third-order valence-corrected chi connectivity index (χ3v) is 4.51. The third-order valence-electron chi connectivity index (χ3n) is 4.51. The van der Waals surface area contributed by atoms with Gasteiger partial charge in [0.25, 0.3) is 0 Å². The van der Waals surface area contributed by atoms with Crippen LogP contribution in [-0.2, 0) is 22.6 Å². The van der Waals surface area contributed by atoms with Crippen molar-refractivity contribution in [2.24, 2.45) is 5.73 Å². The molecule has 1 heterocycles. The predicted octanol–water partition coefficient (Wildman–Crippen LogP) is 1.83. The Morgan fingerprint density at radius 3 is 2.40 bits per heavy atom. The maximum absolute atomic E-state index is 12.4. The second-order valence-corrected chi connectivity index (χ2v) is 6.26. The number of carbonyl (C=O) groups excluding carboxylic acids is 1. The number of hydrogen-bond donors (Lipinski definition) is 2. The Balaban J connectivity index is 1.60. The summed E-state index contributed by atoms with van der Waals surface area (Å²) in [5, 5.41) is 2.97. The average molecular weight is 339 g/mol. The Labute approximate surface area is 148 Å². The number of morpholine rings is 1. The second kappa shape index (κ2) is 8.76. The maximum Gasteiger partial charge on any atom is 0.241 e. The van der Waals surface area contributed by atoms with Crippen LogP contribution in [0, 0.1) is 0 Å². The molecule has 1 aliphatic heterocycles. The van der Waals surface area contributed by atoms with Gasteiger partial charge in [0.15, 0.2) is 0 Å². The molecule has 0 saturated carbocycles. The molecule has 132 valence electrons. The summed E-state index contributed by atoms with van der Waals surface area (Å²) >= 11 is 0. The number of hydrogen-bond acceptors (Lipinski definition) is 4. The van der Waals surface area contributed by atoms with Gasteiger partial charge in [-0.3, -0.25) is 9.69 Å². The summed E-state index contributed by atoms with van der Waals surface area (Å²) in [6.45, 7) is 4.81. The lowest BCUT2D eigenvalue weighted by molar-refractivity contribution is -0.122. The third kappa shape index (κ3) is 4.89. The van der Waals surface area contributed by atoms with Crippen LogP contribution in [0.5, 0.6) is 0 Å². The Morgan fingerprint density at radius 1 is 1.04 bits per heavy atom. The van der Waals surface area contributed by atoms with E-state index in [0.717, 1.165) is 44.0 Å². The highest BCUT2D eigenvalue weighted by Crippen LogP contribution is 2.14. The van der Waals surface area contributed by atoms with Crippen molar-refractivity contribution in [1.29, 1.82) is 0 Å². The molecule has 0 aliphatic carbocycles. The predicted molar refractivity (Wildman–Crippen MR) is 97.8 cm³/mol. The zero-order valence-corrected chi connectivity index (χ0v) is 14.4. The lowest BCUT2D eigenvalue weighted by atomic mass is 10.1. The summed E-state index contributed by atoms with van der Waals surface area (Å²) in [6.07, 6.45) is 0. The Hall–Kier alpha value is -2.21. The number of ether oxygens (including phenoxy) is 1. The van der Waals surface area contributed by atoms with Gasteiger partial charge in [-0.05, 0) is 16.7 Å². The van der Waals surface area contributed by atoms with E-state index in [1.54, 1.807) is 0 Å². The van der Waals surface area contributed by atoms with E-state index >= 15 is 0 Å². The molecule has 1 aliphatic rings. The Morgan fingerprint density at radius 2 is 1.68 bits per heavy atom. The van der Waals surface area contributed by atoms with Gasteiger partial charge in [-0.1, -0.05) is 54.6 Å². The van der Waals surface area contributed by atoms with Crippen molar-refractivity contribution in [2.45, 2.75) is 19.1 Å². The molecule has 1 fully saturated rings. The molecule has 2 aromatic rings. The lowest BCUT2D eigenvalue weighted by Gasteiger charge is -2.27. The van der Waals surface area contributed by atoms with Crippen LogP contribution < -0.4 is 11.1 Å². The molecular weight excluding hydrogens is 314 g/mol. The van der Waals surface area contributed by atoms with Crippen LogP contribution in [0.1, 0.15) is 22.7 Å². The van der Waals surface area contributed by atoms with Gasteiger partial charge in [0.05, 0.1) is 13.2 Å². The number of nitrogens with one attached hydrogen (secondary N) is 1. The Bertz CT molecular complexity index is 684. The van der Waals surface area contributed by atoms with E-state index in [1.807, 2.05) is 42.5 Å². The van der Waals surface area contributed by atoms with Crippen LogP contribution in [0.15, 0.2) is 54.6 Å². The summed E-state index contributed by atoms with van der Waals surface area (Å²) in [7, 11) is 0. The first kappa shape index (κ1) is 17.6. The van der Waals surface area contributed by atoms with E-state index in [0.29, 0.717) is 6.54 Å². The van der Waals surface area contributed by atoms with Gasteiger partial charge in [-0.2, -0.15) is 0 Å². The fourth-order valence-electron chi connectivity index (χ4n) is 2.99. The zero-order valence-electron chi connectivity index (χ0n) is 14.4. The molecule has 3 rings (SSSR count). The molecule has 0 aromatic heterocycles. The maximum atomic E-state index is 12.4. The van der Waals surface area contributed by atoms with Crippen LogP contribution >= 0.6 is 0 Å². The second-order valence-electron chi connectivity index (χ2n) is 6.26. The minimum Gasteiger partial charge on any atom is -0.379 e. The fourth-order valence-corrected chi connectivity index (χ4v) is 2.99. The van der Waals surface area contributed by atoms with E-state index < -0.39 is 6.04 Å². The van der Waals surface area contributed by atoms with Crippen LogP contribution in [0.25, 0.3) is 0 Å². The SMILES string of the molecule is NC(C(=O)NCc1ccccc1CN1CCOCC1)c1ccccc1. The summed E-state index contributed by atoms with van der Waals surface area (Å²) in [6, 6.07) is 17.0. The first-order valence-electron chi connectivity index (χ1n) is 8.69. The van der Waals surface area contributed by atoms with Gasteiger partial charge >= 0.3 is 0 Å². The minimum absolute atomic E-state index is 0.160. The summed E-state index contributed by atoms with van der Waals surface area (Å²) in [5.41, 5.74) is 9.24. The number of nitrogens with two attached hydrogens (primary N) is 1. The molecule has 5 heteroatoms. The molecule has 0 spiro atoms. The van der Waals surface area contributed by atoms with Gasteiger partial charge in [-0.15, -0.1) is 0 Å². The summed E-state index contributed by atoms with van der Waals surface area (Å²) in [5.74, 6) is -0.160. The molecule has 3 N–H and O–H groups in total. The largest absolute Gasteiger partial charge is 0.379 e. The number of benzene rings is 2. The van der Waals surface area contributed by atoms with Crippen LogP contribution in [0.2, 0.25) is 0 Å². The molecule has 1 amide bonds. The van der Waals surface area contributed by atoms with Crippen molar-refractivity contribution < 1.29 is 9.53 Å². The monoisotopic (exact) mass is 339 g/mol. The van der Waals surface area contributed by atoms with Crippen LogP contribution in [0.4, 0.5) is 0 Å². The van der Waals surface area contributed by atoms with Crippen molar-refractivity contribution in [1.82, 2.24) is 10.2 Å². The molecule has 2 aromatic carbocycles. The Kier molecular flexibility index (Phi) is 6.17. The highest BCUT2D eigenvalue weighted by molar-refractivity contribution is 5.82. The molecule has 0 radical (unpaired) electrons. The van der Waals surface area contributed by atoms with Gasteiger partial charge in [0, 0.05) is 26.2 Å². The van der Waals surface area contributed by atoms with E-state index in [2.05, 4.69) is 22.3 Å². The van der Waals surface area contributed by atoms with Gasteiger partial charge in [0.1, 0.15) is 6.04 Å². The highest BCUT2D eigenvalue weighted by Gasteiger charge is 2.16. The molecule has 1 saturated heterocycles. The normalized spacial score (nSPS) is 16.4. The van der Waals surface area contributed by atoms with Crippen molar-refractivity contribution in [3.05, 3.63) is 71.3 Å². The number of nitrogens with zero attached hydrogens (tertiary/aromatic N) is 1. The molecule has 5 nitrogen and oxygen atoms in total. The lowest BCUT2D eigenvalue weighted by Crippen LogP contribution is -2.36. The molecule has 1 unspecified atom stereocenters. The zero-order chi connectivity index (χ0) is 17.5. The van der Waals surface area contributed by atoms with Crippen LogP contribution in [-0.4, -0.2) is 37.1 Å². The number of rotatable bonds is 6. The molecule has 1 atom stereocenters. The van der Waals surface area contributed by atoms with Gasteiger partial charge in [0.2, 0.25) is 5.91 Å². The van der Waals surface area contributed by atoms with E-state index in [1.165, 1.54) is 5.56 Å². The molecular formula is C20H25N3O2.